The fourth-order valence-corrected chi connectivity index (χ4v) is 1.94. The number of anilines is 1. The van der Waals surface area contributed by atoms with Crippen molar-refractivity contribution >= 4 is 23.3 Å². The SMILES string of the molecule is COc1ccc([N+](=O)[O-])cc1NC(=O)COC(=O)COc1ccccc1. The minimum absolute atomic E-state index is 0.100. The number of carbonyl (C=O) groups excluding carboxylic acids is 2. The number of methoxy groups -OCH3 is 1. The van der Waals surface area contributed by atoms with Crippen LogP contribution in [0.3, 0.4) is 0 Å². The zero-order valence-corrected chi connectivity index (χ0v) is 13.8. The second kappa shape index (κ2) is 9.02. The second-order valence-corrected chi connectivity index (χ2v) is 4.95. The van der Waals surface area contributed by atoms with E-state index in [-0.39, 0.29) is 23.7 Å². The maximum Gasteiger partial charge on any atom is 0.344 e. The highest BCUT2D eigenvalue weighted by Crippen LogP contribution is 2.28. The Balaban J connectivity index is 1.85. The highest BCUT2D eigenvalue weighted by Gasteiger charge is 2.15. The van der Waals surface area contributed by atoms with Crippen LogP contribution in [0.5, 0.6) is 11.5 Å². The molecule has 0 aliphatic heterocycles. The zero-order valence-electron chi connectivity index (χ0n) is 13.8. The third-order valence-corrected chi connectivity index (χ3v) is 3.13. The van der Waals surface area contributed by atoms with E-state index >= 15 is 0 Å². The summed E-state index contributed by atoms with van der Waals surface area (Å²) in [6.07, 6.45) is 0. The van der Waals surface area contributed by atoms with Crippen molar-refractivity contribution in [1.82, 2.24) is 0 Å². The Hall–Kier alpha value is -3.62. The first-order valence-corrected chi connectivity index (χ1v) is 7.45. The van der Waals surface area contributed by atoms with Gasteiger partial charge >= 0.3 is 5.97 Å². The number of amides is 1. The summed E-state index contributed by atoms with van der Waals surface area (Å²) < 4.78 is 15.0. The highest BCUT2D eigenvalue weighted by atomic mass is 16.6. The summed E-state index contributed by atoms with van der Waals surface area (Å²) >= 11 is 0. The molecule has 9 heteroatoms. The standard InChI is InChI=1S/C17H16N2O7/c1-24-15-8-7-12(19(22)23)9-14(15)18-16(20)10-26-17(21)11-25-13-5-3-2-4-6-13/h2-9H,10-11H2,1H3,(H,18,20). The van der Waals surface area contributed by atoms with Crippen LogP contribution in [0.1, 0.15) is 0 Å². The number of non-ortho nitro benzene ring substituents is 1. The summed E-state index contributed by atoms with van der Waals surface area (Å²) in [5, 5.41) is 13.2. The number of rotatable bonds is 8. The minimum Gasteiger partial charge on any atom is -0.495 e. The van der Waals surface area contributed by atoms with E-state index < -0.39 is 23.4 Å². The van der Waals surface area contributed by atoms with E-state index in [4.69, 9.17) is 14.2 Å². The maximum absolute atomic E-state index is 11.9. The van der Waals surface area contributed by atoms with Crippen LogP contribution in [0.25, 0.3) is 0 Å². The fraction of sp³-hybridized carbons (Fsp3) is 0.176. The van der Waals surface area contributed by atoms with Gasteiger partial charge in [0, 0.05) is 12.1 Å². The van der Waals surface area contributed by atoms with E-state index in [1.54, 1.807) is 30.3 Å². The molecule has 0 spiro atoms. The van der Waals surface area contributed by atoms with Gasteiger partial charge in [-0.15, -0.1) is 0 Å². The Morgan fingerprint density at radius 2 is 1.85 bits per heavy atom. The van der Waals surface area contributed by atoms with Crippen LogP contribution in [0.2, 0.25) is 0 Å². The van der Waals surface area contributed by atoms with Gasteiger partial charge in [-0.2, -0.15) is 0 Å². The van der Waals surface area contributed by atoms with E-state index in [9.17, 15) is 19.7 Å². The molecule has 0 atom stereocenters. The van der Waals surface area contributed by atoms with Crippen molar-refractivity contribution in [3.05, 3.63) is 58.6 Å². The van der Waals surface area contributed by atoms with Gasteiger partial charge in [-0.1, -0.05) is 18.2 Å². The van der Waals surface area contributed by atoms with Crippen LogP contribution in [0.4, 0.5) is 11.4 Å². The number of esters is 1. The van der Waals surface area contributed by atoms with Gasteiger partial charge in [-0.3, -0.25) is 14.9 Å². The number of nitro benzene ring substituents is 1. The number of benzene rings is 2. The fourth-order valence-electron chi connectivity index (χ4n) is 1.94. The van der Waals surface area contributed by atoms with Crippen molar-refractivity contribution in [2.75, 3.05) is 25.6 Å². The van der Waals surface area contributed by atoms with Gasteiger partial charge in [0.05, 0.1) is 17.7 Å². The molecule has 9 nitrogen and oxygen atoms in total. The van der Waals surface area contributed by atoms with Gasteiger partial charge in [0.15, 0.2) is 13.2 Å². The first-order chi connectivity index (χ1) is 12.5. The molecule has 0 aliphatic rings. The lowest BCUT2D eigenvalue weighted by Crippen LogP contribution is -2.23. The number of nitrogens with one attached hydrogen (secondary N) is 1. The maximum atomic E-state index is 11.9. The zero-order chi connectivity index (χ0) is 18.9. The lowest BCUT2D eigenvalue weighted by molar-refractivity contribution is -0.384. The first-order valence-electron chi connectivity index (χ1n) is 7.45. The third-order valence-electron chi connectivity index (χ3n) is 3.13. The molecule has 26 heavy (non-hydrogen) atoms. The molecule has 0 fully saturated rings. The molecule has 0 heterocycles. The molecule has 1 amide bonds. The average Bonchev–Trinajstić information content (AvgIpc) is 2.65. The number of nitro groups is 1. The Morgan fingerprint density at radius 1 is 1.12 bits per heavy atom. The monoisotopic (exact) mass is 360 g/mol. The lowest BCUT2D eigenvalue weighted by atomic mass is 10.2. The van der Waals surface area contributed by atoms with Crippen LogP contribution in [0, 0.1) is 10.1 Å². The molecule has 2 aromatic rings. The van der Waals surface area contributed by atoms with E-state index in [0.717, 1.165) is 6.07 Å². The summed E-state index contributed by atoms with van der Waals surface area (Å²) in [6.45, 7) is -0.916. The minimum atomic E-state index is -0.727. The topological polar surface area (TPSA) is 117 Å². The van der Waals surface area contributed by atoms with Crippen molar-refractivity contribution in [1.29, 1.82) is 0 Å². The Kier molecular flexibility index (Phi) is 6.49. The van der Waals surface area contributed by atoms with Crippen molar-refractivity contribution in [3.63, 3.8) is 0 Å². The van der Waals surface area contributed by atoms with E-state index in [0.29, 0.717) is 5.75 Å². The molecular formula is C17H16N2O7. The lowest BCUT2D eigenvalue weighted by Gasteiger charge is -2.10. The van der Waals surface area contributed by atoms with Gasteiger partial charge < -0.3 is 19.5 Å². The molecule has 136 valence electrons. The van der Waals surface area contributed by atoms with Crippen molar-refractivity contribution in [2.24, 2.45) is 0 Å². The van der Waals surface area contributed by atoms with Gasteiger partial charge in [0.1, 0.15) is 11.5 Å². The van der Waals surface area contributed by atoms with E-state index in [1.165, 1.54) is 19.2 Å². The number of carbonyl (C=O) groups is 2. The quantitative estimate of drug-likeness (QED) is 0.435. The third kappa shape index (κ3) is 5.48. The molecule has 0 aliphatic carbocycles. The second-order valence-electron chi connectivity index (χ2n) is 4.95. The van der Waals surface area contributed by atoms with Crippen molar-refractivity contribution in [2.45, 2.75) is 0 Å². The summed E-state index contributed by atoms with van der Waals surface area (Å²) in [4.78, 5) is 33.7. The number of hydrogen-bond acceptors (Lipinski definition) is 7. The largest absolute Gasteiger partial charge is 0.495 e. The van der Waals surface area contributed by atoms with Crippen LogP contribution >= 0.6 is 0 Å². The predicted octanol–water partition coefficient (Wildman–Crippen LogP) is 2.16. The van der Waals surface area contributed by atoms with Gasteiger partial charge in [0.2, 0.25) is 0 Å². The van der Waals surface area contributed by atoms with Gasteiger partial charge in [-0.05, 0) is 18.2 Å². The Labute approximate surface area is 148 Å². The number of ether oxygens (including phenoxy) is 3. The molecule has 0 radical (unpaired) electrons. The van der Waals surface area contributed by atoms with Crippen LogP contribution in [-0.2, 0) is 14.3 Å². The van der Waals surface area contributed by atoms with Crippen LogP contribution < -0.4 is 14.8 Å². The molecule has 0 unspecified atom stereocenters. The van der Waals surface area contributed by atoms with Crippen molar-refractivity contribution < 1.29 is 28.7 Å². The predicted molar refractivity (Wildman–Crippen MR) is 91.2 cm³/mol. The Bertz CT molecular complexity index is 793. The molecular weight excluding hydrogens is 344 g/mol. The van der Waals surface area contributed by atoms with Crippen molar-refractivity contribution in [3.8, 4) is 11.5 Å². The van der Waals surface area contributed by atoms with Crippen LogP contribution in [0.15, 0.2) is 48.5 Å². The van der Waals surface area contributed by atoms with Crippen LogP contribution in [-0.4, -0.2) is 37.1 Å². The molecule has 2 aromatic carbocycles. The number of para-hydroxylation sites is 1. The summed E-state index contributed by atoms with van der Waals surface area (Å²) in [7, 11) is 1.36. The van der Waals surface area contributed by atoms with E-state index in [1.807, 2.05) is 0 Å². The molecule has 0 bridgehead atoms. The summed E-state index contributed by atoms with van der Waals surface area (Å²) in [6, 6.07) is 12.4. The Morgan fingerprint density at radius 3 is 2.50 bits per heavy atom. The molecule has 0 aromatic heterocycles. The average molecular weight is 360 g/mol. The summed E-state index contributed by atoms with van der Waals surface area (Å²) in [5.74, 6) is -0.662. The highest BCUT2D eigenvalue weighted by molar-refractivity contribution is 5.94. The van der Waals surface area contributed by atoms with Gasteiger partial charge in [0.25, 0.3) is 11.6 Å². The van der Waals surface area contributed by atoms with E-state index in [2.05, 4.69) is 5.32 Å². The number of hydrogen-bond donors (Lipinski definition) is 1. The smallest absolute Gasteiger partial charge is 0.344 e. The molecule has 0 saturated heterocycles. The molecule has 2 rings (SSSR count). The normalized spacial score (nSPS) is 9.88. The van der Waals surface area contributed by atoms with Gasteiger partial charge in [-0.25, -0.2) is 4.79 Å². The summed E-state index contributed by atoms with van der Waals surface area (Å²) in [5.41, 5.74) is -0.113. The number of nitrogens with zero attached hydrogens (tertiary/aromatic N) is 1. The first kappa shape index (κ1) is 18.7. The molecule has 1 N–H and O–H groups in total. The molecule has 0 saturated carbocycles.